The van der Waals surface area contributed by atoms with E-state index >= 15 is 0 Å². The van der Waals surface area contributed by atoms with E-state index in [9.17, 15) is 19.2 Å². The molecule has 3 N–H and O–H groups in total. The molecule has 24 heavy (non-hydrogen) atoms. The molecule has 0 aliphatic carbocycles. The average molecular weight is 365 g/mol. The first-order valence-electron chi connectivity index (χ1n) is 6.61. The molecule has 1 aliphatic rings. The summed E-state index contributed by atoms with van der Waals surface area (Å²) in [7, 11) is 0. The van der Waals surface area contributed by atoms with Crippen molar-refractivity contribution in [3.63, 3.8) is 0 Å². The van der Waals surface area contributed by atoms with Gasteiger partial charge < -0.3 is 10.8 Å². The molecule has 0 fully saturated rings. The van der Waals surface area contributed by atoms with E-state index in [4.69, 9.17) is 22.4 Å². The molecule has 0 radical (unpaired) electrons. The van der Waals surface area contributed by atoms with Gasteiger partial charge in [-0.3, -0.25) is 9.59 Å². The van der Waals surface area contributed by atoms with Crippen molar-refractivity contribution in [3.05, 3.63) is 50.7 Å². The fourth-order valence-electron chi connectivity index (χ4n) is 2.55. The Kier molecular flexibility index (Phi) is 3.86. The summed E-state index contributed by atoms with van der Waals surface area (Å²) in [5.41, 5.74) is 5.70. The van der Waals surface area contributed by atoms with Crippen LogP contribution in [0.15, 0.2) is 30.3 Å². The summed E-state index contributed by atoms with van der Waals surface area (Å²) in [4.78, 5) is 48.5. The van der Waals surface area contributed by atoms with Crippen molar-refractivity contribution in [2.45, 2.75) is 5.92 Å². The highest BCUT2D eigenvalue weighted by Gasteiger charge is 2.44. The van der Waals surface area contributed by atoms with E-state index in [0.717, 1.165) is 16.2 Å². The molecular formula is C15H9ClN2O5S. The number of anilines is 1. The molecule has 1 aliphatic heterocycles. The van der Waals surface area contributed by atoms with E-state index < -0.39 is 29.6 Å². The number of fused-ring (bicyclic) bond motifs is 1. The number of carbonyl (C=O) groups is 4. The number of nitrogens with two attached hydrogens (primary N) is 1. The summed E-state index contributed by atoms with van der Waals surface area (Å²) >= 11 is 6.69. The molecule has 3 rings (SSSR count). The van der Waals surface area contributed by atoms with E-state index in [1.807, 2.05) is 0 Å². The number of amides is 3. The van der Waals surface area contributed by atoms with Crippen molar-refractivity contribution in [1.29, 1.82) is 0 Å². The lowest BCUT2D eigenvalue weighted by Gasteiger charge is -2.12. The Morgan fingerprint density at radius 3 is 2.42 bits per heavy atom. The highest BCUT2D eigenvalue weighted by molar-refractivity contribution is 7.16. The summed E-state index contributed by atoms with van der Waals surface area (Å²) < 4.78 is 0. The summed E-state index contributed by atoms with van der Waals surface area (Å²) in [5.74, 6) is -3.84. The monoisotopic (exact) mass is 364 g/mol. The van der Waals surface area contributed by atoms with Crippen molar-refractivity contribution in [2.24, 2.45) is 5.73 Å². The van der Waals surface area contributed by atoms with Gasteiger partial charge in [0.05, 0.1) is 10.6 Å². The number of carboxylic acids is 1. The standard InChI is InChI=1S/C15H9ClN2O5S/c16-6-1-2-8-7(5-6)11(13(20)18(8)15(17)23)12(19)9-3-4-10(24-9)14(21)22/h1-5,11H,(H2,17,23)(H,21,22). The summed E-state index contributed by atoms with van der Waals surface area (Å²) in [6.45, 7) is 0. The predicted octanol–water partition coefficient (Wildman–Crippen LogP) is 2.49. The fraction of sp³-hybridized carbons (Fsp3) is 0.0667. The second-order valence-electron chi connectivity index (χ2n) is 4.98. The third-order valence-electron chi connectivity index (χ3n) is 3.55. The van der Waals surface area contributed by atoms with Crippen LogP contribution >= 0.6 is 22.9 Å². The van der Waals surface area contributed by atoms with E-state index in [2.05, 4.69) is 0 Å². The molecule has 2 heterocycles. The quantitative estimate of drug-likeness (QED) is 0.640. The number of thiophene rings is 1. The van der Waals surface area contributed by atoms with Crippen molar-refractivity contribution in [1.82, 2.24) is 0 Å². The SMILES string of the molecule is NC(=O)N1C(=O)C(C(=O)c2ccc(C(=O)O)s2)c2cc(Cl)ccc21. The Morgan fingerprint density at radius 1 is 1.17 bits per heavy atom. The minimum atomic E-state index is -1.29. The van der Waals surface area contributed by atoms with Crippen molar-refractivity contribution < 1.29 is 24.3 Å². The Labute approximate surface area is 144 Å². The Hall–Kier alpha value is -2.71. The Morgan fingerprint density at radius 2 is 1.83 bits per heavy atom. The molecule has 1 aromatic heterocycles. The third-order valence-corrected chi connectivity index (χ3v) is 4.87. The van der Waals surface area contributed by atoms with Crippen LogP contribution in [0, 0.1) is 0 Å². The summed E-state index contributed by atoms with van der Waals surface area (Å²) in [5, 5.41) is 9.25. The van der Waals surface area contributed by atoms with Crippen molar-refractivity contribution in [3.8, 4) is 0 Å². The number of primary amides is 1. The van der Waals surface area contributed by atoms with Crippen molar-refractivity contribution >= 4 is 52.3 Å². The number of aromatic carboxylic acids is 1. The van der Waals surface area contributed by atoms with Gasteiger partial charge in [0, 0.05) is 5.02 Å². The summed E-state index contributed by atoms with van der Waals surface area (Å²) in [6.07, 6.45) is 0. The van der Waals surface area contributed by atoms with E-state index in [0.29, 0.717) is 5.02 Å². The van der Waals surface area contributed by atoms with Gasteiger partial charge >= 0.3 is 12.0 Å². The topological polar surface area (TPSA) is 118 Å². The number of benzene rings is 1. The molecule has 122 valence electrons. The molecule has 7 nitrogen and oxygen atoms in total. The molecule has 0 spiro atoms. The maximum absolute atomic E-state index is 12.7. The number of carboxylic acid groups (broad SMARTS) is 1. The molecule has 0 saturated heterocycles. The molecule has 1 unspecified atom stereocenters. The molecule has 9 heteroatoms. The first-order chi connectivity index (χ1) is 11.3. The molecule has 0 bridgehead atoms. The number of hydrogen-bond donors (Lipinski definition) is 2. The van der Waals surface area contributed by atoms with Crippen LogP contribution in [0.3, 0.4) is 0 Å². The van der Waals surface area contributed by atoms with Crippen LogP contribution in [0.1, 0.15) is 30.8 Å². The first-order valence-corrected chi connectivity index (χ1v) is 7.81. The van der Waals surface area contributed by atoms with E-state index in [-0.39, 0.29) is 21.0 Å². The van der Waals surface area contributed by atoms with E-state index in [1.54, 1.807) is 0 Å². The number of urea groups is 1. The zero-order valence-electron chi connectivity index (χ0n) is 11.9. The van der Waals surface area contributed by atoms with Crippen LogP contribution in [0.25, 0.3) is 0 Å². The van der Waals surface area contributed by atoms with Gasteiger partial charge in [0.1, 0.15) is 10.8 Å². The molecule has 1 atom stereocenters. The molecule has 0 saturated carbocycles. The number of rotatable bonds is 3. The lowest BCUT2D eigenvalue weighted by atomic mass is 9.95. The number of imide groups is 1. The van der Waals surface area contributed by atoms with Gasteiger partial charge in [-0.2, -0.15) is 0 Å². The van der Waals surface area contributed by atoms with Gasteiger partial charge in [0.15, 0.2) is 5.78 Å². The number of ketones is 1. The summed E-state index contributed by atoms with van der Waals surface area (Å²) in [6, 6.07) is 5.95. The number of halogens is 1. The highest BCUT2D eigenvalue weighted by Crippen LogP contribution is 2.41. The number of hydrogen-bond acceptors (Lipinski definition) is 5. The minimum absolute atomic E-state index is 0.0260. The zero-order valence-corrected chi connectivity index (χ0v) is 13.4. The smallest absolute Gasteiger partial charge is 0.345 e. The molecule has 3 amide bonds. The van der Waals surface area contributed by atoms with Gasteiger partial charge in [-0.25, -0.2) is 14.5 Å². The number of Topliss-reactive ketones (excluding diaryl/α,β-unsaturated/α-hetero) is 1. The van der Waals surface area contributed by atoms with Crippen LogP contribution in [0.2, 0.25) is 5.02 Å². The Balaban J connectivity index is 2.08. The maximum atomic E-state index is 12.7. The fourth-order valence-corrected chi connectivity index (χ4v) is 3.54. The van der Waals surface area contributed by atoms with Gasteiger partial charge in [0.25, 0.3) is 5.91 Å². The van der Waals surface area contributed by atoms with Crippen LogP contribution in [-0.4, -0.2) is 28.8 Å². The number of carbonyl (C=O) groups excluding carboxylic acids is 3. The second kappa shape index (κ2) is 5.73. The van der Waals surface area contributed by atoms with Gasteiger partial charge in [0.2, 0.25) is 0 Å². The lowest BCUT2D eigenvalue weighted by molar-refractivity contribution is -0.117. The van der Waals surface area contributed by atoms with Gasteiger partial charge in [-0.1, -0.05) is 11.6 Å². The van der Waals surface area contributed by atoms with Crippen LogP contribution in [-0.2, 0) is 4.79 Å². The predicted molar refractivity (Wildman–Crippen MR) is 86.9 cm³/mol. The van der Waals surface area contributed by atoms with Gasteiger partial charge in [-0.05, 0) is 35.9 Å². The van der Waals surface area contributed by atoms with Crippen LogP contribution < -0.4 is 10.6 Å². The molecule has 1 aromatic carbocycles. The van der Waals surface area contributed by atoms with Crippen LogP contribution in [0.4, 0.5) is 10.5 Å². The van der Waals surface area contributed by atoms with E-state index in [1.165, 1.54) is 30.3 Å². The minimum Gasteiger partial charge on any atom is -0.477 e. The zero-order chi connectivity index (χ0) is 17.6. The normalized spacial score (nSPS) is 16.1. The molecule has 2 aromatic rings. The first kappa shape index (κ1) is 16.2. The lowest BCUT2D eigenvalue weighted by Crippen LogP contribution is -2.40. The van der Waals surface area contributed by atoms with Gasteiger partial charge in [-0.15, -0.1) is 11.3 Å². The second-order valence-corrected chi connectivity index (χ2v) is 6.50. The van der Waals surface area contributed by atoms with Crippen LogP contribution in [0.5, 0.6) is 0 Å². The number of nitrogens with zero attached hydrogens (tertiary/aromatic N) is 1. The Bertz CT molecular complexity index is 907. The third kappa shape index (κ3) is 2.45. The highest BCUT2D eigenvalue weighted by atomic mass is 35.5. The average Bonchev–Trinajstić information content (AvgIpc) is 3.08. The maximum Gasteiger partial charge on any atom is 0.345 e. The molecular weight excluding hydrogens is 356 g/mol. The van der Waals surface area contributed by atoms with Crippen molar-refractivity contribution in [2.75, 3.05) is 4.90 Å². The largest absolute Gasteiger partial charge is 0.477 e.